The highest BCUT2D eigenvalue weighted by Crippen LogP contribution is 2.37. The van der Waals surface area contributed by atoms with E-state index in [1.165, 1.54) is 6.33 Å². The van der Waals surface area contributed by atoms with Crippen LogP contribution in [-0.4, -0.2) is 64.0 Å². The van der Waals surface area contributed by atoms with Crippen LogP contribution in [0.5, 0.6) is 11.5 Å². The molecule has 184 valence electrons. The van der Waals surface area contributed by atoms with Gasteiger partial charge in [-0.05, 0) is 50.3 Å². The molecule has 1 atom stereocenters. The van der Waals surface area contributed by atoms with Crippen molar-refractivity contribution in [3.05, 3.63) is 79.3 Å². The Morgan fingerprint density at radius 1 is 1.11 bits per heavy atom. The first kappa shape index (κ1) is 23.6. The van der Waals surface area contributed by atoms with Gasteiger partial charge in [-0.3, -0.25) is 4.79 Å². The van der Waals surface area contributed by atoms with Gasteiger partial charge in [0.2, 0.25) is 5.91 Å². The summed E-state index contributed by atoms with van der Waals surface area (Å²) in [6, 6.07) is 17.7. The minimum Gasteiger partial charge on any atom is -0.457 e. The molecule has 1 aliphatic rings. The Morgan fingerprint density at radius 2 is 1.86 bits per heavy atom. The quantitative estimate of drug-likeness (QED) is 0.394. The Hall–Kier alpha value is -4.17. The fraction of sp³-hybridized carbons (Fsp3) is 0.250. The maximum atomic E-state index is 12.7. The lowest BCUT2D eigenvalue weighted by molar-refractivity contribution is -0.125. The summed E-state index contributed by atoms with van der Waals surface area (Å²) in [5.41, 5.74) is 9.07. The number of nitrogens with zero attached hydrogens (tertiary/aromatic N) is 5. The van der Waals surface area contributed by atoms with E-state index in [0.717, 1.165) is 46.6 Å². The largest absolute Gasteiger partial charge is 0.457 e. The number of hydrogen-bond donors (Lipinski definition) is 1. The second-order valence-electron chi connectivity index (χ2n) is 9.24. The van der Waals surface area contributed by atoms with Crippen molar-refractivity contribution in [3.63, 3.8) is 0 Å². The van der Waals surface area contributed by atoms with Crippen LogP contribution in [0.2, 0.25) is 0 Å². The average Bonchev–Trinajstić information content (AvgIpc) is 3.51. The van der Waals surface area contributed by atoms with Crippen LogP contribution in [0.1, 0.15) is 12.5 Å². The van der Waals surface area contributed by atoms with Crippen molar-refractivity contribution in [2.24, 2.45) is 0 Å². The molecule has 36 heavy (non-hydrogen) atoms. The summed E-state index contributed by atoms with van der Waals surface area (Å²) in [5.74, 6) is 2.02. The molecule has 1 amide bonds. The van der Waals surface area contributed by atoms with Gasteiger partial charge in [0.15, 0.2) is 0 Å². The smallest absolute Gasteiger partial charge is 0.246 e. The van der Waals surface area contributed by atoms with E-state index in [1.807, 2.05) is 84.6 Å². The predicted molar refractivity (Wildman–Crippen MR) is 142 cm³/mol. The molecule has 0 bridgehead atoms. The number of aromatic nitrogens is 3. The molecule has 0 radical (unpaired) electrons. The van der Waals surface area contributed by atoms with Crippen LogP contribution in [0.25, 0.3) is 22.2 Å². The third-order valence-corrected chi connectivity index (χ3v) is 6.38. The summed E-state index contributed by atoms with van der Waals surface area (Å²) < 4.78 is 8.09. The Morgan fingerprint density at radius 3 is 2.61 bits per heavy atom. The number of benzene rings is 2. The molecule has 0 unspecified atom stereocenters. The summed E-state index contributed by atoms with van der Waals surface area (Å²) in [7, 11) is 3.96. The first-order chi connectivity index (χ1) is 17.5. The number of nitrogen functional groups attached to an aromatic ring is 1. The number of nitrogens with two attached hydrogens (primary N) is 1. The Labute approximate surface area is 210 Å². The highest BCUT2D eigenvalue weighted by Gasteiger charge is 2.29. The van der Waals surface area contributed by atoms with Gasteiger partial charge in [0.25, 0.3) is 0 Å². The number of carbonyl (C=O) groups is 1. The van der Waals surface area contributed by atoms with Crippen LogP contribution < -0.4 is 10.5 Å². The number of para-hydroxylation sites is 1. The highest BCUT2D eigenvalue weighted by molar-refractivity contribution is 6.00. The number of ether oxygens (including phenoxy) is 1. The normalized spacial score (nSPS) is 15.9. The summed E-state index contributed by atoms with van der Waals surface area (Å²) in [6.45, 7) is 2.07. The Kier molecular flexibility index (Phi) is 6.69. The number of fused-ring (bicyclic) bond motifs is 1. The first-order valence-electron chi connectivity index (χ1n) is 12.0. The minimum atomic E-state index is 0.0409. The molecule has 2 aromatic carbocycles. The number of rotatable bonds is 7. The molecule has 4 aromatic rings. The lowest BCUT2D eigenvalue weighted by Crippen LogP contribution is -2.27. The van der Waals surface area contributed by atoms with Crippen LogP contribution in [0, 0.1) is 0 Å². The summed E-state index contributed by atoms with van der Waals surface area (Å²) in [4.78, 5) is 25.4. The molecule has 2 N–H and O–H groups in total. The second kappa shape index (κ2) is 10.2. The van der Waals surface area contributed by atoms with Crippen molar-refractivity contribution in [2.75, 3.05) is 39.5 Å². The van der Waals surface area contributed by atoms with Crippen molar-refractivity contribution >= 4 is 22.8 Å². The maximum absolute atomic E-state index is 12.7. The van der Waals surface area contributed by atoms with E-state index in [9.17, 15) is 4.79 Å². The average molecular weight is 483 g/mol. The number of carbonyl (C=O) groups excluding carboxylic acids is 1. The second-order valence-corrected chi connectivity index (χ2v) is 9.24. The van der Waals surface area contributed by atoms with Gasteiger partial charge in [-0.1, -0.05) is 36.4 Å². The third-order valence-electron chi connectivity index (χ3n) is 6.38. The van der Waals surface area contributed by atoms with E-state index >= 15 is 0 Å². The lowest BCUT2D eigenvalue weighted by atomic mass is 10.1. The monoisotopic (exact) mass is 482 g/mol. The molecule has 8 nitrogen and oxygen atoms in total. The molecule has 8 heteroatoms. The predicted octanol–water partition coefficient (Wildman–Crippen LogP) is 4.36. The number of amides is 1. The zero-order valence-electron chi connectivity index (χ0n) is 20.5. The molecule has 0 aliphatic carbocycles. The topological polar surface area (TPSA) is 89.5 Å². The van der Waals surface area contributed by atoms with Crippen LogP contribution >= 0.6 is 0 Å². The summed E-state index contributed by atoms with van der Waals surface area (Å²) >= 11 is 0. The van der Waals surface area contributed by atoms with Gasteiger partial charge in [0.1, 0.15) is 29.3 Å². The fourth-order valence-electron chi connectivity index (χ4n) is 4.57. The molecule has 1 fully saturated rings. The molecule has 1 saturated heterocycles. The van der Waals surface area contributed by atoms with E-state index < -0.39 is 0 Å². The number of likely N-dealkylation sites (N-methyl/N-ethyl adjacent to an activating group) is 1. The van der Waals surface area contributed by atoms with Gasteiger partial charge >= 0.3 is 0 Å². The molecule has 0 saturated carbocycles. The van der Waals surface area contributed by atoms with Crippen molar-refractivity contribution in [1.29, 1.82) is 0 Å². The van der Waals surface area contributed by atoms with Crippen LogP contribution in [-0.2, 0) is 4.79 Å². The van der Waals surface area contributed by atoms with Crippen LogP contribution in [0.3, 0.4) is 0 Å². The van der Waals surface area contributed by atoms with E-state index in [0.29, 0.717) is 18.9 Å². The molecule has 2 aromatic heterocycles. The summed E-state index contributed by atoms with van der Waals surface area (Å²) in [5, 5.41) is 0.824. The van der Waals surface area contributed by atoms with Crippen molar-refractivity contribution in [1.82, 2.24) is 24.3 Å². The standard InChI is InChI=1S/C28H30N6O2/c1-32(2)15-6-9-25(35)33-16-14-21(17-33)34-18-24(26-27(29)30-19-31-28(26)34)20-10-12-23(13-11-20)36-22-7-4-3-5-8-22/h3-13,18-19,21H,14-17H2,1-2H3,(H2,29,30,31)/t21-/m1/s1. The van der Waals surface area contributed by atoms with Crippen LogP contribution in [0.15, 0.2) is 79.3 Å². The van der Waals surface area contributed by atoms with E-state index in [4.69, 9.17) is 10.5 Å². The third kappa shape index (κ3) is 4.94. The fourth-order valence-corrected chi connectivity index (χ4v) is 4.57. The molecule has 1 aliphatic heterocycles. The molecule has 3 heterocycles. The van der Waals surface area contributed by atoms with Crippen molar-refractivity contribution < 1.29 is 9.53 Å². The van der Waals surface area contributed by atoms with Gasteiger partial charge in [-0.2, -0.15) is 0 Å². The zero-order chi connectivity index (χ0) is 25.1. The van der Waals surface area contributed by atoms with Gasteiger partial charge in [0, 0.05) is 37.5 Å². The number of anilines is 1. The number of hydrogen-bond acceptors (Lipinski definition) is 6. The number of likely N-dealkylation sites (tertiary alicyclic amines) is 1. The van der Waals surface area contributed by atoms with E-state index in [1.54, 1.807) is 6.08 Å². The van der Waals surface area contributed by atoms with Crippen molar-refractivity contribution in [2.45, 2.75) is 12.5 Å². The highest BCUT2D eigenvalue weighted by atomic mass is 16.5. The van der Waals surface area contributed by atoms with E-state index in [2.05, 4.69) is 20.7 Å². The molecule has 0 spiro atoms. The minimum absolute atomic E-state index is 0.0409. The first-order valence-corrected chi connectivity index (χ1v) is 12.0. The molecule has 5 rings (SSSR count). The van der Waals surface area contributed by atoms with Crippen LogP contribution in [0.4, 0.5) is 5.82 Å². The molecular weight excluding hydrogens is 452 g/mol. The Bertz CT molecular complexity index is 1380. The lowest BCUT2D eigenvalue weighted by Gasteiger charge is -2.16. The van der Waals surface area contributed by atoms with Gasteiger partial charge in [-0.25, -0.2) is 9.97 Å². The maximum Gasteiger partial charge on any atom is 0.246 e. The van der Waals surface area contributed by atoms with Crippen molar-refractivity contribution in [3.8, 4) is 22.6 Å². The van der Waals surface area contributed by atoms with E-state index in [-0.39, 0.29) is 11.9 Å². The molecular formula is C28H30N6O2. The van der Waals surface area contributed by atoms with Gasteiger partial charge in [-0.15, -0.1) is 0 Å². The Balaban J connectivity index is 1.40. The summed E-state index contributed by atoms with van der Waals surface area (Å²) in [6.07, 6.45) is 8.00. The van der Waals surface area contributed by atoms with Gasteiger partial charge in [0.05, 0.1) is 11.4 Å². The SMILES string of the molecule is CN(C)CC=CC(=O)N1CC[C@@H](n2cc(-c3ccc(Oc4ccccc4)cc3)c3c(N)ncnc32)C1. The van der Waals surface area contributed by atoms with Gasteiger partial charge < -0.3 is 24.8 Å². The zero-order valence-corrected chi connectivity index (χ0v) is 20.5.